The summed E-state index contributed by atoms with van der Waals surface area (Å²) in [4.78, 5) is 0.638. The molecule has 1 aromatic carbocycles. The topological polar surface area (TPSA) is 0 Å². The molecule has 1 fully saturated rings. The van der Waals surface area contributed by atoms with Gasteiger partial charge in [0.05, 0.1) is 0 Å². The molecule has 14 heavy (non-hydrogen) atoms. The average Bonchev–Trinajstić information content (AvgIpc) is 2.90. The van der Waals surface area contributed by atoms with Crippen molar-refractivity contribution in [2.45, 2.75) is 31.0 Å². The summed E-state index contributed by atoms with van der Waals surface area (Å²) in [6, 6.07) is 8.70. The predicted molar refractivity (Wildman–Crippen MR) is 67.9 cm³/mol. The highest BCUT2D eigenvalue weighted by atomic mass is 79.9. The summed E-state index contributed by atoms with van der Waals surface area (Å²) >= 11 is 7.18. The Morgan fingerprint density at radius 1 is 1.29 bits per heavy atom. The Balaban J connectivity index is 2.08. The summed E-state index contributed by atoms with van der Waals surface area (Å²) < 4.78 is 1.16. The fraction of sp³-hybridized carbons (Fsp3) is 0.500. The van der Waals surface area contributed by atoms with Gasteiger partial charge in [0, 0.05) is 9.30 Å². The van der Waals surface area contributed by atoms with Crippen LogP contribution in [0.25, 0.3) is 0 Å². The number of benzene rings is 1. The average molecular weight is 318 g/mol. The Morgan fingerprint density at radius 2 is 1.86 bits per heavy atom. The first kappa shape index (κ1) is 10.7. The van der Waals surface area contributed by atoms with E-state index in [1.54, 1.807) is 0 Å². The highest BCUT2D eigenvalue weighted by Crippen LogP contribution is 2.53. The molecule has 1 saturated carbocycles. The third kappa shape index (κ3) is 2.22. The van der Waals surface area contributed by atoms with Gasteiger partial charge in [0.15, 0.2) is 0 Å². The SMILES string of the molecule is CC(Br)C1(Cc2ccc(Br)cc2)CC1. The van der Waals surface area contributed by atoms with Crippen LogP contribution in [-0.4, -0.2) is 4.83 Å². The largest absolute Gasteiger partial charge is 0.0888 e. The lowest BCUT2D eigenvalue weighted by Crippen LogP contribution is -2.15. The lowest BCUT2D eigenvalue weighted by atomic mass is 9.94. The zero-order chi connectivity index (χ0) is 10.2. The van der Waals surface area contributed by atoms with Crippen molar-refractivity contribution in [2.24, 2.45) is 5.41 Å². The first-order valence-electron chi connectivity index (χ1n) is 5.01. The van der Waals surface area contributed by atoms with E-state index in [1.807, 2.05) is 0 Å². The molecule has 2 rings (SSSR count). The van der Waals surface area contributed by atoms with Crippen LogP contribution >= 0.6 is 31.9 Å². The van der Waals surface area contributed by atoms with E-state index in [9.17, 15) is 0 Å². The van der Waals surface area contributed by atoms with E-state index < -0.39 is 0 Å². The van der Waals surface area contributed by atoms with Gasteiger partial charge in [-0.2, -0.15) is 0 Å². The minimum absolute atomic E-state index is 0.549. The van der Waals surface area contributed by atoms with Crippen LogP contribution < -0.4 is 0 Å². The Labute approximate surface area is 102 Å². The minimum atomic E-state index is 0.549. The van der Waals surface area contributed by atoms with Crippen molar-refractivity contribution in [3.05, 3.63) is 34.3 Å². The second-order valence-corrected chi connectivity index (χ2v) is 6.57. The third-order valence-corrected chi connectivity index (χ3v) is 4.71. The molecule has 1 aromatic rings. The molecule has 1 atom stereocenters. The van der Waals surface area contributed by atoms with Crippen LogP contribution in [0.4, 0.5) is 0 Å². The summed E-state index contributed by atoms with van der Waals surface area (Å²) in [5, 5.41) is 0. The van der Waals surface area contributed by atoms with Gasteiger partial charge in [0.1, 0.15) is 0 Å². The normalized spacial score (nSPS) is 20.5. The Hall–Kier alpha value is 0.180. The van der Waals surface area contributed by atoms with E-state index in [4.69, 9.17) is 0 Å². The van der Waals surface area contributed by atoms with Gasteiger partial charge in [-0.05, 0) is 42.4 Å². The standard InChI is InChI=1S/C12H14Br2/c1-9(13)12(6-7-12)8-10-2-4-11(14)5-3-10/h2-5,9H,6-8H2,1H3. The summed E-state index contributed by atoms with van der Waals surface area (Å²) in [6.45, 7) is 2.27. The molecule has 0 heterocycles. The summed E-state index contributed by atoms with van der Waals surface area (Å²) in [5.41, 5.74) is 2.00. The van der Waals surface area contributed by atoms with E-state index in [1.165, 1.54) is 24.8 Å². The maximum absolute atomic E-state index is 3.72. The van der Waals surface area contributed by atoms with Crippen molar-refractivity contribution in [1.29, 1.82) is 0 Å². The van der Waals surface area contributed by atoms with Gasteiger partial charge in [-0.1, -0.05) is 50.9 Å². The molecule has 0 aliphatic heterocycles. The van der Waals surface area contributed by atoms with Crippen LogP contribution in [0.5, 0.6) is 0 Å². The van der Waals surface area contributed by atoms with E-state index in [-0.39, 0.29) is 0 Å². The maximum Gasteiger partial charge on any atom is 0.0177 e. The number of halogens is 2. The third-order valence-electron chi connectivity index (χ3n) is 3.21. The van der Waals surface area contributed by atoms with Gasteiger partial charge in [-0.25, -0.2) is 0 Å². The molecule has 76 valence electrons. The molecule has 0 amide bonds. The molecule has 0 spiro atoms. The smallest absolute Gasteiger partial charge is 0.0177 e. The monoisotopic (exact) mass is 316 g/mol. The number of rotatable bonds is 3. The molecule has 0 bridgehead atoms. The van der Waals surface area contributed by atoms with Crippen LogP contribution in [0.2, 0.25) is 0 Å². The lowest BCUT2D eigenvalue weighted by Gasteiger charge is -2.17. The second kappa shape index (κ2) is 3.97. The Kier molecular flexibility index (Phi) is 3.03. The van der Waals surface area contributed by atoms with Crippen LogP contribution in [0, 0.1) is 5.41 Å². The molecule has 0 N–H and O–H groups in total. The molecule has 1 aliphatic rings. The minimum Gasteiger partial charge on any atom is -0.0888 e. The van der Waals surface area contributed by atoms with Gasteiger partial charge in [-0.3, -0.25) is 0 Å². The molecule has 1 aliphatic carbocycles. The summed E-state index contributed by atoms with van der Waals surface area (Å²) in [6.07, 6.45) is 3.96. The summed E-state index contributed by atoms with van der Waals surface area (Å²) in [5.74, 6) is 0. The van der Waals surface area contributed by atoms with Crippen LogP contribution in [0.3, 0.4) is 0 Å². The molecule has 0 radical (unpaired) electrons. The molecule has 2 heteroatoms. The van der Waals surface area contributed by atoms with E-state index in [2.05, 4.69) is 63.0 Å². The second-order valence-electron chi connectivity index (χ2n) is 4.28. The van der Waals surface area contributed by atoms with Gasteiger partial charge in [0.25, 0.3) is 0 Å². The van der Waals surface area contributed by atoms with Crippen LogP contribution in [0.1, 0.15) is 25.3 Å². The maximum atomic E-state index is 3.72. The molecule has 1 unspecified atom stereocenters. The van der Waals surface area contributed by atoms with E-state index in [0.29, 0.717) is 10.2 Å². The van der Waals surface area contributed by atoms with Crippen LogP contribution in [-0.2, 0) is 6.42 Å². The fourth-order valence-electron chi connectivity index (χ4n) is 1.88. The zero-order valence-electron chi connectivity index (χ0n) is 8.26. The van der Waals surface area contributed by atoms with Crippen LogP contribution in [0.15, 0.2) is 28.7 Å². The quantitative estimate of drug-likeness (QED) is 0.717. The lowest BCUT2D eigenvalue weighted by molar-refractivity contribution is 0.509. The molecular formula is C12H14Br2. The van der Waals surface area contributed by atoms with Gasteiger partial charge < -0.3 is 0 Å². The van der Waals surface area contributed by atoms with E-state index in [0.717, 1.165) is 4.47 Å². The van der Waals surface area contributed by atoms with Crippen molar-refractivity contribution in [3.63, 3.8) is 0 Å². The number of hydrogen-bond acceptors (Lipinski definition) is 0. The highest BCUT2D eigenvalue weighted by molar-refractivity contribution is 9.10. The Morgan fingerprint density at radius 3 is 2.29 bits per heavy atom. The van der Waals surface area contributed by atoms with Gasteiger partial charge in [-0.15, -0.1) is 0 Å². The van der Waals surface area contributed by atoms with Crippen molar-refractivity contribution < 1.29 is 0 Å². The van der Waals surface area contributed by atoms with Crippen molar-refractivity contribution in [2.75, 3.05) is 0 Å². The van der Waals surface area contributed by atoms with Gasteiger partial charge in [0.2, 0.25) is 0 Å². The molecule has 0 aromatic heterocycles. The molecular weight excluding hydrogens is 304 g/mol. The van der Waals surface area contributed by atoms with Crippen molar-refractivity contribution >= 4 is 31.9 Å². The summed E-state index contributed by atoms with van der Waals surface area (Å²) in [7, 11) is 0. The van der Waals surface area contributed by atoms with E-state index >= 15 is 0 Å². The first-order valence-corrected chi connectivity index (χ1v) is 6.72. The predicted octanol–water partition coefficient (Wildman–Crippen LogP) is 4.56. The van der Waals surface area contributed by atoms with Crippen molar-refractivity contribution in [1.82, 2.24) is 0 Å². The molecule has 0 nitrogen and oxygen atoms in total. The van der Waals surface area contributed by atoms with Crippen molar-refractivity contribution in [3.8, 4) is 0 Å². The fourth-order valence-corrected chi connectivity index (χ4v) is 2.77. The van der Waals surface area contributed by atoms with Gasteiger partial charge >= 0.3 is 0 Å². The molecule has 0 saturated heterocycles. The zero-order valence-corrected chi connectivity index (χ0v) is 11.4. The highest BCUT2D eigenvalue weighted by Gasteiger charge is 2.45. The number of alkyl halides is 1. The number of hydrogen-bond donors (Lipinski definition) is 0. The first-order chi connectivity index (χ1) is 6.62. The Bertz CT molecular complexity index is 310.